The number of hydrogen-bond acceptors (Lipinski definition) is 5. The molecule has 24 heavy (non-hydrogen) atoms. The number of ether oxygens (including phenoxy) is 3. The predicted molar refractivity (Wildman–Crippen MR) is 92.6 cm³/mol. The zero-order valence-electron chi connectivity index (χ0n) is 13.2. The van der Waals surface area contributed by atoms with E-state index in [2.05, 4.69) is 21.2 Å². The molecule has 126 valence electrons. The molecule has 0 heterocycles. The van der Waals surface area contributed by atoms with Crippen LogP contribution in [0.15, 0.2) is 46.9 Å². The smallest absolute Gasteiger partial charge is 0.342 e. The summed E-state index contributed by atoms with van der Waals surface area (Å²) in [5.74, 6) is -0.236. The van der Waals surface area contributed by atoms with Gasteiger partial charge in [0.05, 0.1) is 19.9 Å². The highest BCUT2D eigenvalue weighted by Crippen LogP contribution is 2.25. The zero-order valence-corrected chi connectivity index (χ0v) is 14.8. The van der Waals surface area contributed by atoms with Gasteiger partial charge in [0.2, 0.25) is 0 Å². The van der Waals surface area contributed by atoms with Crippen molar-refractivity contribution < 1.29 is 23.8 Å². The fraction of sp³-hybridized carbons (Fsp3) is 0.176. The first-order valence-corrected chi connectivity index (χ1v) is 7.78. The van der Waals surface area contributed by atoms with E-state index in [1.807, 2.05) is 6.07 Å². The molecule has 0 spiro atoms. The molecule has 7 heteroatoms. The molecule has 0 bridgehead atoms. The van der Waals surface area contributed by atoms with Gasteiger partial charge in [-0.3, -0.25) is 4.79 Å². The van der Waals surface area contributed by atoms with Gasteiger partial charge in [-0.25, -0.2) is 4.79 Å². The van der Waals surface area contributed by atoms with E-state index in [4.69, 9.17) is 14.2 Å². The van der Waals surface area contributed by atoms with Crippen molar-refractivity contribution in [2.75, 3.05) is 26.1 Å². The summed E-state index contributed by atoms with van der Waals surface area (Å²) in [4.78, 5) is 24.0. The second-order valence-electron chi connectivity index (χ2n) is 4.67. The second kappa shape index (κ2) is 8.35. The first-order chi connectivity index (χ1) is 11.5. The van der Waals surface area contributed by atoms with E-state index in [1.54, 1.807) is 30.3 Å². The lowest BCUT2D eigenvalue weighted by molar-refractivity contribution is -0.119. The minimum Gasteiger partial charge on any atom is -0.497 e. The van der Waals surface area contributed by atoms with E-state index < -0.39 is 18.5 Å². The van der Waals surface area contributed by atoms with Crippen molar-refractivity contribution in [3.63, 3.8) is 0 Å². The third-order valence-corrected chi connectivity index (χ3v) is 3.80. The average molecular weight is 394 g/mol. The number of anilines is 1. The van der Waals surface area contributed by atoms with Crippen molar-refractivity contribution in [2.24, 2.45) is 0 Å². The fourth-order valence-corrected chi connectivity index (χ4v) is 2.31. The third-order valence-electron chi connectivity index (χ3n) is 3.11. The molecule has 0 aliphatic carbocycles. The Morgan fingerprint density at radius 1 is 1.08 bits per heavy atom. The van der Waals surface area contributed by atoms with Crippen LogP contribution in [0, 0.1) is 0 Å². The van der Waals surface area contributed by atoms with Crippen LogP contribution in [-0.2, 0) is 9.53 Å². The Hall–Kier alpha value is -2.54. The van der Waals surface area contributed by atoms with E-state index >= 15 is 0 Å². The summed E-state index contributed by atoms with van der Waals surface area (Å²) < 4.78 is 16.0. The minimum atomic E-state index is -0.656. The number of carbonyl (C=O) groups excluding carboxylic acids is 2. The largest absolute Gasteiger partial charge is 0.497 e. The third kappa shape index (κ3) is 4.48. The number of carbonyl (C=O) groups is 2. The topological polar surface area (TPSA) is 73.9 Å². The second-order valence-corrected chi connectivity index (χ2v) is 5.52. The van der Waals surface area contributed by atoms with Crippen LogP contribution in [0.5, 0.6) is 11.5 Å². The monoisotopic (exact) mass is 393 g/mol. The molecular formula is C17H16BrNO5. The number of nitrogens with one attached hydrogen (secondary N) is 1. The van der Waals surface area contributed by atoms with Gasteiger partial charge in [-0.15, -0.1) is 0 Å². The Kier molecular flexibility index (Phi) is 6.20. The van der Waals surface area contributed by atoms with Crippen LogP contribution in [0.1, 0.15) is 10.4 Å². The lowest BCUT2D eigenvalue weighted by atomic mass is 10.2. The summed E-state index contributed by atoms with van der Waals surface area (Å²) in [5.41, 5.74) is 0.813. The zero-order chi connectivity index (χ0) is 17.5. The van der Waals surface area contributed by atoms with E-state index in [0.29, 0.717) is 17.2 Å². The van der Waals surface area contributed by atoms with Gasteiger partial charge in [-0.05, 0) is 40.2 Å². The summed E-state index contributed by atoms with van der Waals surface area (Å²) in [5, 5.41) is 2.65. The lowest BCUT2D eigenvalue weighted by Crippen LogP contribution is -2.21. The fourth-order valence-electron chi connectivity index (χ4n) is 1.92. The molecule has 0 aliphatic heterocycles. The molecular weight excluding hydrogens is 378 g/mol. The van der Waals surface area contributed by atoms with Crippen LogP contribution >= 0.6 is 15.9 Å². The Morgan fingerprint density at radius 3 is 2.50 bits per heavy atom. The van der Waals surface area contributed by atoms with Gasteiger partial charge in [0.15, 0.2) is 6.61 Å². The number of halogens is 1. The van der Waals surface area contributed by atoms with Crippen molar-refractivity contribution in [3.05, 3.63) is 52.5 Å². The van der Waals surface area contributed by atoms with Crippen LogP contribution in [0.25, 0.3) is 0 Å². The summed E-state index contributed by atoms with van der Waals surface area (Å²) in [7, 11) is 2.95. The van der Waals surface area contributed by atoms with Crippen LogP contribution in [0.3, 0.4) is 0 Å². The Labute approximate surface area is 147 Å². The normalized spacial score (nSPS) is 9.96. The average Bonchev–Trinajstić information content (AvgIpc) is 2.61. The predicted octanol–water partition coefficient (Wildman–Crippen LogP) is 3.26. The van der Waals surface area contributed by atoms with E-state index in [1.165, 1.54) is 20.3 Å². The van der Waals surface area contributed by atoms with Gasteiger partial charge >= 0.3 is 5.97 Å². The summed E-state index contributed by atoms with van der Waals surface area (Å²) in [6, 6.07) is 11.8. The summed E-state index contributed by atoms with van der Waals surface area (Å²) in [6.07, 6.45) is 0. The van der Waals surface area contributed by atoms with Gasteiger partial charge in [0.1, 0.15) is 17.1 Å². The number of benzene rings is 2. The number of rotatable bonds is 6. The molecule has 0 atom stereocenters. The molecule has 6 nitrogen and oxygen atoms in total. The maximum Gasteiger partial charge on any atom is 0.342 e. The Bertz CT molecular complexity index is 748. The molecule has 0 radical (unpaired) electrons. The minimum absolute atomic E-state index is 0.215. The molecule has 0 aromatic heterocycles. The highest BCUT2D eigenvalue weighted by Gasteiger charge is 2.16. The lowest BCUT2D eigenvalue weighted by Gasteiger charge is -2.11. The van der Waals surface area contributed by atoms with Crippen molar-refractivity contribution in [1.82, 2.24) is 0 Å². The SMILES string of the molecule is COc1ccc(C(=O)OCC(=O)Nc2ccccc2Br)c(OC)c1. The number of esters is 1. The summed E-state index contributed by atoms with van der Waals surface area (Å²) in [6.45, 7) is -0.407. The van der Waals surface area contributed by atoms with Crippen molar-refractivity contribution in [2.45, 2.75) is 0 Å². The maximum atomic E-state index is 12.1. The molecule has 2 aromatic rings. The quantitative estimate of drug-likeness (QED) is 0.762. The van der Waals surface area contributed by atoms with Gasteiger partial charge < -0.3 is 19.5 Å². The van der Waals surface area contributed by atoms with Crippen LogP contribution in [0.4, 0.5) is 5.69 Å². The van der Waals surface area contributed by atoms with Crippen molar-refractivity contribution in [3.8, 4) is 11.5 Å². The Morgan fingerprint density at radius 2 is 1.83 bits per heavy atom. The van der Waals surface area contributed by atoms with Gasteiger partial charge in [0.25, 0.3) is 5.91 Å². The number of para-hydroxylation sites is 1. The van der Waals surface area contributed by atoms with Crippen LogP contribution in [0.2, 0.25) is 0 Å². The summed E-state index contributed by atoms with van der Waals surface area (Å²) >= 11 is 3.32. The first-order valence-electron chi connectivity index (χ1n) is 6.98. The van der Waals surface area contributed by atoms with Gasteiger partial charge in [-0.2, -0.15) is 0 Å². The molecule has 0 fully saturated rings. The molecule has 0 aliphatic rings. The molecule has 0 saturated carbocycles. The standard InChI is InChI=1S/C17H16BrNO5/c1-22-11-7-8-12(15(9-11)23-2)17(21)24-10-16(20)19-14-6-4-3-5-13(14)18/h3-9H,10H2,1-2H3,(H,19,20). The van der Waals surface area contributed by atoms with E-state index in [0.717, 1.165) is 4.47 Å². The highest BCUT2D eigenvalue weighted by atomic mass is 79.9. The van der Waals surface area contributed by atoms with Gasteiger partial charge in [0, 0.05) is 10.5 Å². The van der Waals surface area contributed by atoms with Gasteiger partial charge in [-0.1, -0.05) is 12.1 Å². The van der Waals surface area contributed by atoms with Crippen LogP contribution < -0.4 is 14.8 Å². The number of hydrogen-bond donors (Lipinski definition) is 1. The van der Waals surface area contributed by atoms with Crippen LogP contribution in [-0.4, -0.2) is 32.7 Å². The molecule has 1 N–H and O–H groups in total. The number of methoxy groups -OCH3 is 2. The maximum absolute atomic E-state index is 12.1. The molecule has 0 unspecified atom stereocenters. The van der Waals surface area contributed by atoms with E-state index in [9.17, 15) is 9.59 Å². The highest BCUT2D eigenvalue weighted by molar-refractivity contribution is 9.10. The molecule has 0 saturated heterocycles. The number of amides is 1. The molecule has 2 aromatic carbocycles. The molecule has 1 amide bonds. The van der Waals surface area contributed by atoms with E-state index in [-0.39, 0.29) is 5.56 Å². The van der Waals surface area contributed by atoms with Crippen molar-refractivity contribution in [1.29, 1.82) is 0 Å². The van der Waals surface area contributed by atoms with Crippen molar-refractivity contribution >= 4 is 33.5 Å². The Balaban J connectivity index is 1.98. The molecule has 2 rings (SSSR count). The first kappa shape index (κ1) is 17.8.